The van der Waals surface area contributed by atoms with Crippen LogP contribution in [0.1, 0.15) is 42.0 Å². The lowest BCUT2D eigenvalue weighted by atomic mass is 9.73. The topological polar surface area (TPSA) is 74.0 Å². The second kappa shape index (κ2) is 7.83. The second-order valence-electron chi connectivity index (χ2n) is 7.07. The van der Waals surface area contributed by atoms with Gasteiger partial charge in [0.25, 0.3) is 5.91 Å². The Bertz CT molecular complexity index is 632. The van der Waals surface area contributed by atoms with Crippen molar-refractivity contribution in [1.82, 2.24) is 9.80 Å². The van der Waals surface area contributed by atoms with E-state index in [4.69, 9.17) is 4.42 Å². The Morgan fingerprint density at radius 3 is 2.96 bits per heavy atom. The average molecular weight is 366 g/mol. The first kappa shape index (κ1) is 18.3. The summed E-state index contributed by atoms with van der Waals surface area (Å²) in [6, 6.07) is 3.63. The lowest BCUT2D eigenvalue weighted by Gasteiger charge is -2.48. The highest BCUT2D eigenvalue weighted by atomic mass is 32.2. The third-order valence-electron chi connectivity index (χ3n) is 5.23. The quantitative estimate of drug-likeness (QED) is 0.863. The zero-order chi connectivity index (χ0) is 17.9. The predicted molar refractivity (Wildman–Crippen MR) is 96.4 cm³/mol. The van der Waals surface area contributed by atoms with Gasteiger partial charge < -0.3 is 19.3 Å². The van der Waals surface area contributed by atoms with Crippen molar-refractivity contribution >= 4 is 23.6 Å². The van der Waals surface area contributed by atoms with E-state index in [-0.39, 0.29) is 23.8 Å². The van der Waals surface area contributed by atoms with Crippen LogP contribution in [0.2, 0.25) is 0 Å². The molecule has 2 saturated heterocycles. The summed E-state index contributed by atoms with van der Waals surface area (Å²) in [6.45, 7) is 2.37. The molecule has 1 spiro atoms. The van der Waals surface area contributed by atoms with E-state index in [1.165, 1.54) is 0 Å². The summed E-state index contributed by atoms with van der Waals surface area (Å²) >= 11 is 1.66. The van der Waals surface area contributed by atoms with Crippen LogP contribution in [0.15, 0.2) is 16.5 Å². The Hall–Kier alpha value is -1.47. The zero-order valence-electron chi connectivity index (χ0n) is 14.7. The van der Waals surface area contributed by atoms with E-state index in [9.17, 15) is 14.7 Å². The molecule has 0 aliphatic carbocycles. The van der Waals surface area contributed by atoms with Gasteiger partial charge in [0.05, 0.1) is 12.4 Å². The van der Waals surface area contributed by atoms with Crippen molar-refractivity contribution in [3.63, 3.8) is 0 Å². The van der Waals surface area contributed by atoms with Crippen molar-refractivity contribution in [2.45, 2.75) is 31.4 Å². The summed E-state index contributed by atoms with van der Waals surface area (Å²) in [5, 5.41) is 9.19. The molecule has 1 N–H and O–H groups in total. The number of hydrogen-bond donors (Lipinski definition) is 1. The first-order valence-corrected chi connectivity index (χ1v) is 10.2. The number of hydrogen-bond acceptors (Lipinski definition) is 5. The van der Waals surface area contributed by atoms with Gasteiger partial charge in [-0.15, -0.1) is 0 Å². The van der Waals surface area contributed by atoms with E-state index in [0.717, 1.165) is 37.3 Å². The number of carbonyl (C=O) groups excluding carboxylic acids is 2. The molecule has 3 heterocycles. The number of β-amino-alcohol motifs (C(OH)–C–C–N with tert-alkyl or cyclic N) is 1. The van der Waals surface area contributed by atoms with E-state index < -0.39 is 0 Å². The minimum Gasteiger partial charge on any atom is -0.455 e. The molecule has 2 aliphatic rings. The molecule has 2 amide bonds. The van der Waals surface area contributed by atoms with Crippen LogP contribution in [0.5, 0.6) is 0 Å². The molecule has 0 unspecified atom stereocenters. The van der Waals surface area contributed by atoms with E-state index in [2.05, 4.69) is 0 Å². The molecule has 7 heteroatoms. The van der Waals surface area contributed by atoms with Crippen molar-refractivity contribution in [3.8, 4) is 0 Å². The lowest BCUT2D eigenvalue weighted by Crippen LogP contribution is -2.55. The standard InChI is InChI=1S/C18H26N2O4S/c1-25-11-14-3-4-15(24-14)17(23)20-8-2-6-18(13-20)7-5-16(22)19(12-18)9-10-21/h3-4,21H,2,5-13H2,1H3/t18-/m0/s1. The molecular formula is C18H26N2O4S. The summed E-state index contributed by atoms with van der Waals surface area (Å²) in [6.07, 6.45) is 5.27. The molecule has 25 heavy (non-hydrogen) atoms. The maximum Gasteiger partial charge on any atom is 0.289 e. The fourth-order valence-electron chi connectivity index (χ4n) is 4.01. The third kappa shape index (κ3) is 4.03. The van der Waals surface area contributed by atoms with Gasteiger partial charge in [-0.1, -0.05) is 0 Å². The second-order valence-corrected chi connectivity index (χ2v) is 7.93. The number of likely N-dealkylation sites (tertiary alicyclic amines) is 2. The Labute approximate surface area is 152 Å². The molecule has 138 valence electrons. The van der Waals surface area contributed by atoms with E-state index in [1.54, 1.807) is 22.7 Å². The number of thioether (sulfide) groups is 1. The molecule has 1 atom stereocenters. The molecule has 0 bridgehead atoms. The highest BCUT2D eigenvalue weighted by molar-refractivity contribution is 7.97. The molecule has 0 saturated carbocycles. The van der Waals surface area contributed by atoms with Crippen LogP contribution < -0.4 is 0 Å². The molecule has 1 aromatic rings. The van der Waals surface area contributed by atoms with Crippen molar-refractivity contribution < 1.29 is 19.1 Å². The van der Waals surface area contributed by atoms with Gasteiger partial charge in [0, 0.05) is 38.0 Å². The molecule has 3 rings (SSSR count). The molecule has 2 aliphatic heterocycles. The highest BCUT2D eigenvalue weighted by Gasteiger charge is 2.43. The number of carbonyl (C=O) groups is 2. The Kier molecular flexibility index (Phi) is 5.74. The fourth-order valence-corrected chi connectivity index (χ4v) is 4.45. The van der Waals surface area contributed by atoms with Crippen molar-refractivity contribution in [2.24, 2.45) is 5.41 Å². The minimum atomic E-state index is -0.0583. The van der Waals surface area contributed by atoms with Crippen LogP contribution in [0, 0.1) is 5.41 Å². The highest BCUT2D eigenvalue weighted by Crippen LogP contribution is 2.39. The van der Waals surface area contributed by atoms with Crippen LogP contribution >= 0.6 is 11.8 Å². The third-order valence-corrected chi connectivity index (χ3v) is 5.80. The van der Waals surface area contributed by atoms with Gasteiger partial charge >= 0.3 is 0 Å². The lowest BCUT2D eigenvalue weighted by molar-refractivity contribution is -0.139. The maximum absolute atomic E-state index is 12.8. The van der Waals surface area contributed by atoms with Gasteiger partial charge in [0.15, 0.2) is 5.76 Å². The molecule has 0 radical (unpaired) electrons. The van der Waals surface area contributed by atoms with E-state index >= 15 is 0 Å². The Balaban J connectivity index is 1.69. The van der Waals surface area contributed by atoms with Crippen LogP contribution in [0.3, 0.4) is 0 Å². The zero-order valence-corrected chi connectivity index (χ0v) is 15.5. The molecule has 1 aromatic heterocycles. The first-order valence-electron chi connectivity index (χ1n) is 8.82. The van der Waals surface area contributed by atoms with E-state index in [0.29, 0.717) is 31.8 Å². The van der Waals surface area contributed by atoms with Crippen LogP contribution in [-0.2, 0) is 10.5 Å². The van der Waals surface area contributed by atoms with Crippen molar-refractivity contribution in [3.05, 3.63) is 23.7 Å². The van der Waals surface area contributed by atoms with Crippen LogP contribution in [0.25, 0.3) is 0 Å². The maximum atomic E-state index is 12.8. The number of nitrogens with zero attached hydrogens (tertiary/aromatic N) is 2. The molecule has 6 nitrogen and oxygen atoms in total. The normalized spacial score (nSPS) is 24.2. The summed E-state index contributed by atoms with van der Waals surface area (Å²) in [4.78, 5) is 28.5. The van der Waals surface area contributed by atoms with Gasteiger partial charge in [-0.05, 0) is 37.7 Å². The Morgan fingerprint density at radius 2 is 2.20 bits per heavy atom. The van der Waals surface area contributed by atoms with Crippen molar-refractivity contribution in [1.29, 1.82) is 0 Å². The Morgan fingerprint density at radius 1 is 1.36 bits per heavy atom. The number of aliphatic hydroxyl groups excluding tert-OH is 1. The van der Waals surface area contributed by atoms with Gasteiger partial charge in [0.2, 0.25) is 5.91 Å². The van der Waals surface area contributed by atoms with Gasteiger partial charge in [-0.2, -0.15) is 11.8 Å². The summed E-state index contributed by atoms with van der Waals surface area (Å²) < 4.78 is 5.68. The van der Waals surface area contributed by atoms with Crippen LogP contribution in [-0.4, -0.2) is 65.8 Å². The largest absolute Gasteiger partial charge is 0.455 e. The van der Waals surface area contributed by atoms with Gasteiger partial charge in [0.1, 0.15) is 5.76 Å². The van der Waals surface area contributed by atoms with E-state index in [1.807, 2.05) is 17.2 Å². The summed E-state index contributed by atoms with van der Waals surface area (Å²) in [5.41, 5.74) is -0.0499. The SMILES string of the molecule is CSCc1ccc(C(=O)N2CCC[C@@]3(CCC(=O)N(CCO)C3)C2)o1. The summed E-state index contributed by atoms with van der Waals surface area (Å²) in [5.74, 6) is 2.03. The molecular weight excluding hydrogens is 340 g/mol. The van der Waals surface area contributed by atoms with Gasteiger partial charge in [-0.3, -0.25) is 9.59 Å². The first-order chi connectivity index (χ1) is 12.1. The minimum absolute atomic E-state index is 0.0188. The van der Waals surface area contributed by atoms with Crippen LogP contribution in [0.4, 0.5) is 0 Å². The number of aliphatic hydroxyl groups is 1. The number of amides is 2. The molecule has 2 fully saturated rings. The predicted octanol–water partition coefficient (Wildman–Crippen LogP) is 1.98. The number of piperidine rings is 2. The fraction of sp³-hybridized carbons (Fsp3) is 0.667. The monoisotopic (exact) mass is 366 g/mol. The molecule has 0 aromatic carbocycles. The average Bonchev–Trinajstić information content (AvgIpc) is 3.07. The number of furan rings is 1. The van der Waals surface area contributed by atoms with Gasteiger partial charge in [-0.25, -0.2) is 0 Å². The number of rotatable bonds is 5. The smallest absolute Gasteiger partial charge is 0.289 e. The van der Waals surface area contributed by atoms with Crippen molar-refractivity contribution in [2.75, 3.05) is 39.0 Å². The summed E-state index contributed by atoms with van der Waals surface area (Å²) in [7, 11) is 0.